The van der Waals surface area contributed by atoms with Crippen molar-refractivity contribution in [3.8, 4) is 0 Å². The monoisotopic (exact) mass is 488 g/mol. The molecule has 36 heavy (non-hydrogen) atoms. The summed E-state index contributed by atoms with van der Waals surface area (Å²) in [6.07, 6.45) is 4.92. The van der Waals surface area contributed by atoms with Gasteiger partial charge in [-0.05, 0) is 61.3 Å². The number of nitrogens with zero attached hydrogens (tertiary/aromatic N) is 2. The molecular weight excluding hydrogens is 456 g/mol. The van der Waals surface area contributed by atoms with Gasteiger partial charge in [0.15, 0.2) is 0 Å². The second kappa shape index (κ2) is 12.7. The largest absolute Gasteiger partial charge is 0.397 e. The molecule has 9 heteroatoms. The second-order valence-corrected chi connectivity index (χ2v) is 8.65. The number of hydrogen-bond acceptors (Lipinski definition) is 6. The quantitative estimate of drug-likeness (QED) is 0.339. The van der Waals surface area contributed by atoms with E-state index in [2.05, 4.69) is 25.8 Å². The van der Waals surface area contributed by atoms with Crippen LogP contribution in [0.25, 0.3) is 0 Å². The molecule has 1 aliphatic heterocycles. The highest BCUT2D eigenvalue weighted by Crippen LogP contribution is 2.22. The van der Waals surface area contributed by atoms with Crippen LogP contribution in [0.5, 0.6) is 0 Å². The van der Waals surface area contributed by atoms with E-state index in [1.807, 2.05) is 24.3 Å². The van der Waals surface area contributed by atoms with Crippen molar-refractivity contribution in [3.63, 3.8) is 0 Å². The fourth-order valence-corrected chi connectivity index (χ4v) is 4.10. The summed E-state index contributed by atoms with van der Waals surface area (Å²) in [5.41, 5.74) is 9.07. The van der Waals surface area contributed by atoms with Gasteiger partial charge in [-0.3, -0.25) is 14.7 Å². The molecule has 0 radical (unpaired) electrons. The Bertz CT molecular complexity index is 1130. The fourth-order valence-electron chi connectivity index (χ4n) is 4.10. The topological polar surface area (TPSA) is 122 Å². The first-order valence-electron chi connectivity index (χ1n) is 12.1. The van der Waals surface area contributed by atoms with Crippen molar-refractivity contribution in [1.82, 2.24) is 15.2 Å². The van der Waals surface area contributed by atoms with Crippen molar-refractivity contribution in [2.45, 2.75) is 18.9 Å². The zero-order valence-electron chi connectivity index (χ0n) is 20.2. The third kappa shape index (κ3) is 7.27. The van der Waals surface area contributed by atoms with E-state index in [-0.39, 0.29) is 18.0 Å². The average Bonchev–Trinajstić information content (AvgIpc) is 2.91. The van der Waals surface area contributed by atoms with Crippen molar-refractivity contribution in [3.05, 3.63) is 84.2 Å². The van der Waals surface area contributed by atoms with Gasteiger partial charge < -0.3 is 26.4 Å². The number of nitrogen functional groups attached to an aromatic ring is 1. The molecule has 1 saturated heterocycles. The van der Waals surface area contributed by atoms with E-state index in [0.717, 1.165) is 51.3 Å². The summed E-state index contributed by atoms with van der Waals surface area (Å²) in [6.45, 7) is 4.30. The summed E-state index contributed by atoms with van der Waals surface area (Å²) in [4.78, 5) is 31.8. The number of aromatic nitrogens is 1. The molecule has 4 rings (SSSR count). The van der Waals surface area contributed by atoms with Gasteiger partial charge in [-0.25, -0.2) is 4.79 Å². The number of nitrogens with one attached hydrogen (secondary N) is 3. The summed E-state index contributed by atoms with van der Waals surface area (Å²) in [5.74, 6) is -0.245. The van der Waals surface area contributed by atoms with Gasteiger partial charge in [0.1, 0.15) is 0 Å². The first kappa shape index (κ1) is 25.2. The van der Waals surface area contributed by atoms with Crippen LogP contribution in [0.3, 0.4) is 0 Å². The van der Waals surface area contributed by atoms with Gasteiger partial charge in [0, 0.05) is 24.8 Å². The van der Waals surface area contributed by atoms with Crippen LogP contribution >= 0.6 is 0 Å². The van der Waals surface area contributed by atoms with Crippen molar-refractivity contribution >= 4 is 29.0 Å². The number of carbonyl (C=O) groups excluding carboxylic acids is 2. The second-order valence-electron chi connectivity index (χ2n) is 8.65. The number of para-hydroxylation sites is 2. The number of nitrogens with two attached hydrogens (primary N) is 1. The molecule has 3 amide bonds. The smallest absolute Gasteiger partial charge is 0.319 e. The Kier molecular flexibility index (Phi) is 8.85. The van der Waals surface area contributed by atoms with E-state index in [9.17, 15) is 9.59 Å². The fraction of sp³-hybridized carbons (Fsp3) is 0.296. The SMILES string of the molecule is Nc1ccccc1NC(=O)c1ccc(C(CCCN2CCOCC2)NC(=O)Nc2cccnc2)cc1. The van der Waals surface area contributed by atoms with Crippen LogP contribution in [-0.4, -0.2) is 54.7 Å². The summed E-state index contributed by atoms with van der Waals surface area (Å²) in [6, 6.07) is 17.5. The van der Waals surface area contributed by atoms with Gasteiger partial charge in [0.2, 0.25) is 0 Å². The van der Waals surface area contributed by atoms with Gasteiger partial charge in [0.25, 0.3) is 5.91 Å². The number of carbonyl (C=O) groups is 2. The molecule has 0 aliphatic carbocycles. The molecule has 0 bridgehead atoms. The van der Waals surface area contributed by atoms with Crippen LogP contribution < -0.4 is 21.7 Å². The molecule has 1 fully saturated rings. The number of urea groups is 1. The van der Waals surface area contributed by atoms with Crippen LogP contribution in [-0.2, 0) is 4.74 Å². The van der Waals surface area contributed by atoms with Crippen LogP contribution in [0.15, 0.2) is 73.1 Å². The first-order valence-corrected chi connectivity index (χ1v) is 12.1. The molecule has 1 unspecified atom stereocenters. The van der Waals surface area contributed by atoms with Crippen LogP contribution in [0.1, 0.15) is 34.8 Å². The number of hydrogen-bond donors (Lipinski definition) is 4. The van der Waals surface area contributed by atoms with Gasteiger partial charge in [-0.1, -0.05) is 24.3 Å². The highest BCUT2D eigenvalue weighted by Gasteiger charge is 2.18. The minimum Gasteiger partial charge on any atom is -0.397 e. The molecular formula is C27H32N6O3. The van der Waals surface area contributed by atoms with Crippen molar-refractivity contribution in [1.29, 1.82) is 0 Å². The molecule has 1 atom stereocenters. The molecule has 9 nitrogen and oxygen atoms in total. The molecule has 2 aromatic carbocycles. The lowest BCUT2D eigenvalue weighted by Crippen LogP contribution is -2.37. The zero-order chi connectivity index (χ0) is 25.2. The summed E-state index contributed by atoms with van der Waals surface area (Å²) in [5, 5.41) is 8.75. The molecule has 0 saturated carbocycles. The van der Waals surface area contributed by atoms with E-state index >= 15 is 0 Å². The molecule has 188 valence electrons. The molecule has 1 aliphatic rings. The normalized spacial score (nSPS) is 14.6. The van der Waals surface area contributed by atoms with Crippen molar-refractivity contribution < 1.29 is 14.3 Å². The first-order chi connectivity index (χ1) is 17.6. The number of morpholine rings is 1. The predicted octanol–water partition coefficient (Wildman–Crippen LogP) is 3.89. The maximum atomic E-state index is 12.7. The summed E-state index contributed by atoms with van der Waals surface area (Å²) < 4.78 is 5.43. The molecule has 0 spiro atoms. The van der Waals surface area contributed by atoms with E-state index < -0.39 is 0 Å². The standard InChI is InChI=1S/C27H32N6O3/c28-23-6-1-2-7-25(23)31-26(34)21-11-9-20(10-12-21)24(8-4-14-33-15-17-36-18-16-33)32-27(35)30-22-5-3-13-29-19-22/h1-3,5-7,9-13,19,24H,4,8,14-18,28H2,(H,31,34)(H2,30,32,35). The Hall–Kier alpha value is -3.95. The highest BCUT2D eigenvalue weighted by molar-refractivity contribution is 6.05. The lowest BCUT2D eigenvalue weighted by atomic mass is 10.00. The number of anilines is 3. The van der Waals surface area contributed by atoms with Crippen LogP contribution in [0, 0.1) is 0 Å². The summed E-state index contributed by atoms with van der Waals surface area (Å²) in [7, 11) is 0. The summed E-state index contributed by atoms with van der Waals surface area (Å²) >= 11 is 0. The maximum absolute atomic E-state index is 12.7. The predicted molar refractivity (Wildman–Crippen MR) is 141 cm³/mol. The highest BCUT2D eigenvalue weighted by atomic mass is 16.5. The number of benzene rings is 2. The Balaban J connectivity index is 1.41. The Labute approximate surface area is 211 Å². The van der Waals surface area contributed by atoms with Crippen molar-refractivity contribution in [2.24, 2.45) is 0 Å². The van der Waals surface area contributed by atoms with Gasteiger partial charge in [0.05, 0.1) is 42.5 Å². The van der Waals surface area contributed by atoms with E-state index in [1.54, 1.807) is 48.8 Å². The van der Waals surface area contributed by atoms with E-state index in [0.29, 0.717) is 22.6 Å². The molecule has 2 heterocycles. The number of pyridine rings is 1. The third-order valence-corrected chi connectivity index (χ3v) is 6.08. The lowest BCUT2D eigenvalue weighted by molar-refractivity contribution is 0.0369. The minimum absolute atomic E-state index is 0.218. The Morgan fingerprint density at radius 1 is 1.00 bits per heavy atom. The number of amides is 3. The van der Waals surface area contributed by atoms with Gasteiger partial charge >= 0.3 is 6.03 Å². The zero-order valence-corrected chi connectivity index (χ0v) is 20.2. The maximum Gasteiger partial charge on any atom is 0.319 e. The van der Waals surface area contributed by atoms with Crippen LogP contribution in [0.4, 0.5) is 21.9 Å². The lowest BCUT2D eigenvalue weighted by Gasteiger charge is -2.27. The number of ether oxygens (including phenoxy) is 1. The third-order valence-electron chi connectivity index (χ3n) is 6.08. The van der Waals surface area contributed by atoms with Crippen molar-refractivity contribution in [2.75, 3.05) is 49.2 Å². The molecule has 5 N–H and O–H groups in total. The van der Waals surface area contributed by atoms with Crippen LogP contribution in [0.2, 0.25) is 0 Å². The van der Waals surface area contributed by atoms with Gasteiger partial charge in [-0.2, -0.15) is 0 Å². The molecule has 1 aromatic heterocycles. The Morgan fingerprint density at radius 2 is 1.78 bits per heavy atom. The van der Waals surface area contributed by atoms with E-state index in [4.69, 9.17) is 10.5 Å². The molecule has 3 aromatic rings. The van der Waals surface area contributed by atoms with E-state index in [1.165, 1.54) is 0 Å². The minimum atomic E-state index is -0.305. The Morgan fingerprint density at radius 3 is 2.50 bits per heavy atom. The average molecular weight is 489 g/mol. The number of rotatable bonds is 9. The van der Waals surface area contributed by atoms with Gasteiger partial charge in [-0.15, -0.1) is 0 Å².